The Labute approximate surface area is 158 Å². The van der Waals surface area contributed by atoms with Gasteiger partial charge in [-0.15, -0.1) is 0 Å². The zero-order chi connectivity index (χ0) is 19.1. The van der Waals surface area contributed by atoms with Gasteiger partial charge >= 0.3 is 0 Å². The van der Waals surface area contributed by atoms with Crippen molar-refractivity contribution in [1.29, 1.82) is 0 Å². The summed E-state index contributed by atoms with van der Waals surface area (Å²) in [6.45, 7) is 0.581. The van der Waals surface area contributed by atoms with Gasteiger partial charge in [-0.25, -0.2) is 13.1 Å². The van der Waals surface area contributed by atoms with Gasteiger partial charge in [-0.05, 0) is 35.4 Å². The first-order valence-electron chi connectivity index (χ1n) is 8.35. The predicted octanol–water partition coefficient (Wildman–Crippen LogP) is 2.49. The summed E-state index contributed by atoms with van der Waals surface area (Å²) < 4.78 is 27.0. The van der Waals surface area contributed by atoms with E-state index >= 15 is 0 Å². The fraction of sp³-hybridized carbons (Fsp3) is 0.100. The number of rotatable bonds is 7. The van der Waals surface area contributed by atoms with Crippen LogP contribution in [0, 0.1) is 0 Å². The second kappa shape index (κ2) is 8.57. The highest BCUT2D eigenvalue weighted by Gasteiger charge is 2.12. The fourth-order valence-corrected chi connectivity index (χ4v) is 3.46. The summed E-state index contributed by atoms with van der Waals surface area (Å²) in [4.78, 5) is 16.1. The highest BCUT2D eigenvalue weighted by atomic mass is 32.2. The van der Waals surface area contributed by atoms with E-state index < -0.39 is 10.0 Å². The molecule has 2 N–H and O–H groups in total. The molecule has 1 heterocycles. The Hall–Kier alpha value is -3.03. The minimum atomic E-state index is -3.53. The van der Waals surface area contributed by atoms with Crippen molar-refractivity contribution in [3.05, 3.63) is 95.8 Å². The van der Waals surface area contributed by atoms with E-state index in [4.69, 9.17) is 0 Å². The number of carbonyl (C=O) groups is 1. The molecule has 7 heteroatoms. The maximum absolute atomic E-state index is 12.2. The lowest BCUT2D eigenvalue weighted by Gasteiger charge is -2.08. The van der Waals surface area contributed by atoms with E-state index in [1.165, 1.54) is 0 Å². The molecule has 0 atom stereocenters. The average Bonchev–Trinajstić information content (AvgIpc) is 2.72. The van der Waals surface area contributed by atoms with Crippen molar-refractivity contribution in [2.75, 3.05) is 0 Å². The Morgan fingerprint density at radius 2 is 1.41 bits per heavy atom. The largest absolute Gasteiger partial charge is 0.348 e. The van der Waals surface area contributed by atoms with Gasteiger partial charge in [-0.1, -0.05) is 42.5 Å². The molecule has 27 heavy (non-hydrogen) atoms. The second-order valence-corrected chi connectivity index (χ2v) is 7.64. The lowest BCUT2D eigenvalue weighted by Crippen LogP contribution is -2.23. The number of benzene rings is 2. The fourth-order valence-electron chi connectivity index (χ4n) is 2.42. The molecule has 0 fully saturated rings. The van der Waals surface area contributed by atoms with Crippen molar-refractivity contribution in [2.45, 2.75) is 18.0 Å². The van der Waals surface area contributed by atoms with Crippen molar-refractivity contribution in [1.82, 2.24) is 15.0 Å². The van der Waals surface area contributed by atoms with Gasteiger partial charge in [-0.3, -0.25) is 9.78 Å². The van der Waals surface area contributed by atoms with Crippen LogP contribution in [0.1, 0.15) is 21.5 Å². The van der Waals surface area contributed by atoms with Gasteiger partial charge in [0.1, 0.15) is 0 Å². The van der Waals surface area contributed by atoms with E-state index in [-0.39, 0.29) is 17.3 Å². The van der Waals surface area contributed by atoms with Gasteiger partial charge < -0.3 is 5.32 Å². The summed E-state index contributed by atoms with van der Waals surface area (Å²) in [6.07, 6.45) is 3.14. The van der Waals surface area contributed by atoms with Gasteiger partial charge in [0.2, 0.25) is 10.0 Å². The normalized spacial score (nSPS) is 11.1. The summed E-state index contributed by atoms with van der Waals surface area (Å²) in [6, 6.07) is 18.9. The van der Waals surface area contributed by atoms with Crippen molar-refractivity contribution < 1.29 is 13.2 Å². The van der Waals surface area contributed by atoms with Crippen molar-refractivity contribution >= 4 is 15.9 Å². The number of amides is 1. The SMILES string of the molecule is O=C(NCc1ccc(CNS(=O)(=O)c2ccccc2)cc1)c1ccncc1. The lowest BCUT2D eigenvalue weighted by atomic mass is 10.1. The third kappa shape index (κ3) is 5.22. The first kappa shape index (κ1) is 18.8. The third-order valence-electron chi connectivity index (χ3n) is 3.94. The van der Waals surface area contributed by atoms with Crippen LogP contribution in [0.4, 0.5) is 0 Å². The maximum atomic E-state index is 12.2. The first-order valence-corrected chi connectivity index (χ1v) is 9.84. The smallest absolute Gasteiger partial charge is 0.251 e. The zero-order valence-electron chi connectivity index (χ0n) is 14.5. The van der Waals surface area contributed by atoms with Crippen LogP contribution in [-0.2, 0) is 23.1 Å². The summed E-state index contributed by atoms with van der Waals surface area (Å²) in [5, 5.41) is 2.83. The minimum absolute atomic E-state index is 0.169. The molecule has 6 nitrogen and oxygen atoms in total. The van der Waals surface area contributed by atoms with Crippen LogP contribution in [0.15, 0.2) is 84.0 Å². The van der Waals surface area contributed by atoms with Gasteiger partial charge in [0.25, 0.3) is 5.91 Å². The molecule has 3 rings (SSSR count). The standard InChI is InChI=1S/C20H19N3O3S/c24-20(18-10-12-21-13-11-18)22-14-16-6-8-17(9-7-16)15-23-27(25,26)19-4-2-1-3-5-19/h1-13,23H,14-15H2,(H,22,24). The Balaban J connectivity index is 1.54. The van der Waals surface area contributed by atoms with Gasteiger partial charge in [0, 0.05) is 31.0 Å². The molecule has 1 amide bonds. The van der Waals surface area contributed by atoms with Gasteiger partial charge in [0.05, 0.1) is 4.90 Å². The van der Waals surface area contributed by atoms with Crippen LogP contribution < -0.4 is 10.0 Å². The molecule has 1 aromatic heterocycles. The molecular weight excluding hydrogens is 362 g/mol. The van der Waals surface area contributed by atoms with Crippen molar-refractivity contribution in [3.63, 3.8) is 0 Å². The quantitative estimate of drug-likeness (QED) is 0.658. The second-order valence-electron chi connectivity index (χ2n) is 5.87. The van der Waals surface area contributed by atoms with Crippen LogP contribution in [0.25, 0.3) is 0 Å². The number of carbonyl (C=O) groups excluding carboxylic acids is 1. The number of sulfonamides is 1. The van der Waals surface area contributed by atoms with Crippen LogP contribution in [0.3, 0.4) is 0 Å². The van der Waals surface area contributed by atoms with E-state index in [1.807, 2.05) is 24.3 Å². The molecule has 0 aliphatic heterocycles. The lowest BCUT2D eigenvalue weighted by molar-refractivity contribution is 0.0951. The Morgan fingerprint density at radius 1 is 0.815 bits per heavy atom. The Bertz CT molecular complexity index is 990. The molecular formula is C20H19N3O3S. The molecule has 0 bridgehead atoms. The molecule has 138 valence electrons. The molecule has 0 spiro atoms. The Morgan fingerprint density at radius 3 is 2.04 bits per heavy atom. The van der Waals surface area contributed by atoms with Gasteiger partial charge in [0.15, 0.2) is 0 Å². The van der Waals surface area contributed by atoms with Crippen LogP contribution in [0.5, 0.6) is 0 Å². The topological polar surface area (TPSA) is 88.2 Å². The summed E-state index contributed by atoms with van der Waals surface area (Å²) in [7, 11) is -3.53. The number of nitrogens with zero attached hydrogens (tertiary/aromatic N) is 1. The highest BCUT2D eigenvalue weighted by Crippen LogP contribution is 2.10. The minimum Gasteiger partial charge on any atom is -0.348 e. The highest BCUT2D eigenvalue weighted by molar-refractivity contribution is 7.89. The van der Waals surface area contributed by atoms with Gasteiger partial charge in [-0.2, -0.15) is 0 Å². The monoisotopic (exact) mass is 381 g/mol. The number of hydrogen-bond donors (Lipinski definition) is 2. The van der Waals surface area contributed by atoms with Crippen LogP contribution in [0.2, 0.25) is 0 Å². The van der Waals surface area contributed by atoms with Crippen molar-refractivity contribution in [2.24, 2.45) is 0 Å². The average molecular weight is 381 g/mol. The Kier molecular flexibility index (Phi) is 5.95. The van der Waals surface area contributed by atoms with E-state index in [9.17, 15) is 13.2 Å². The number of aromatic nitrogens is 1. The van der Waals surface area contributed by atoms with Crippen molar-refractivity contribution in [3.8, 4) is 0 Å². The summed E-state index contributed by atoms with van der Waals surface area (Å²) >= 11 is 0. The molecule has 0 aliphatic rings. The molecule has 0 radical (unpaired) electrons. The van der Waals surface area contributed by atoms with E-state index in [1.54, 1.807) is 54.9 Å². The van der Waals surface area contributed by atoms with E-state index in [0.717, 1.165) is 11.1 Å². The molecule has 0 aliphatic carbocycles. The molecule has 0 unspecified atom stereocenters. The number of pyridine rings is 1. The summed E-state index contributed by atoms with van der Waals surface area (Å²) in [5.41, 5.74) is 2.31. The van der Waals surface area contributed by atoms with E-state index in [2.05, 4.69) is 15.0 Å². The number of nitrogens with one attached hydrogen (secondary N) is 2. The first-order chi connectivity index (χ1) is 13.0. The summed E-state index contributed by atoms with van der Waals surface area (Å²) in [5.74, 6) is -0.169. The third-order valence-corrected chi connectivity index (χ3v) is 5.36. The molecule has 3 aromatic rings. The van der Waals surface area contributed by atoms with Crippen LogP contribution >= 0.6 is 0 Å². The van der Waals surface area contributed by atoms with Crippen LogP contribution in [-0.4, -0.2) is 19.3 Å². The molecule has 0 saturated carbocycles. The van der Waals surface area contributed by atoms with E-state index in [0.29, 0.717) is 12.1 Å². The predicted molar refractivity (Wildman–Crippen MR) is 102 cm³/mol. The maximum Gasteiger partial charge on any atom is 0.251 e. The molecule has 2 aromatic carbocycles. The number of hydrogen-bond acceptors (Lipinski definition) is 4. The molecule has 0 saturated heterocycles. The zero-order valence-corrected chi connectivity index (χ0v) is 15.3.